The Morgan fingerprint density at radius 2 is 2.25 bits per heavy atom. The van der Waals surface area contributed by atoms with Gasteiger partial charge in [0.2, 0.25) is 0 Å². The van der Waals surface area contributed by atoms with E-state index in [1.54, 1.807) is 10.9 Å². The van der Waals surface area contributed by atoms with Crippen molar-refractivity contribution in [1.29, 1.82) is 0 Å². The van der Waals surface area contributed by atoms with Crippen molar-refractivity contribution in [2.24, 2.45) is 7.05 Å². The molecule has 3 rings (SSSR count). The molecule has 0 radical (unpaired) electrons. The summed E-state index contributed by atoms with van der Waals surface area (Å²) in [5.74, 6) is 0.768. The lowest BCUT2D eigenvalue weighted by molar-refractivity contribution is 0.0185. The largest absolute Gasteiger partial charge is 0.483 e. The first kappa shape index (κ1) is 9.84. The molecule has 1 fully saturated rings. The van der Waals surface area contributed by atoms with Crippen LogP contribution in [0.15, 0.2) is 6.20 Å². The fourth-order valence-electron chi connectivity index (χ4n) is 2.54. The summed E-state index contributed by atoms with van der Waals surface area (Å²) in [6.45, 7) is 1.84. The molecule has 0 atom stereocenters. The molecule has 0 aromatic carbocycles. The standard InChI is InChI=1S/C11H15N3O2/c1-14-7-9-10(13-14)8(15)6-11(16-9)2-4-12-5-3-11/h7,12H,2-6H2,1H3. The smallest absolute Gasteiger partial charge is 0.190 e. The molecule has 2 aliphatic rings. The van der Waals surface area contributed by atoms with Gasteiger partial charge in [-0.3, -0.25) is 9.48 Å². The lowest BCUT2D eigenvalue weighted by Gasteiger charge is -2.39. The maximum atomic E-state index is 12.0. The topological polar surface area (TPSA) is 56.2 Å². The maximum Gasteiger partial charge on any atom is 0.190 e. The molecule has 5 heteroatoms. The van der Waals surface area contributed by atoms with E-state index >= 15 is 0 Å². The molecular weight excluding hydrogens is 206 g/mol. The van der Waals surface area contributed by atoms with Gasteiger partial charge < -0.3 is 10.1 Å². The molecule has 3 heterocycles. The van der Waals surface area contributed by atoms with Crippen LogP contribution in [0.5, 0.6) is 5.75 Å². The van der Waals surface area contributed by atoms with Crippen molar-refractivity contribution in [2.45, 2.75) is 24.9 Å². The first-order chi connectivity index (χ1) is 7.69. The summed E-state index contributed by atoms with van der Waals surface area (Å²) in [6.07, 6.45) is 4.05. The van der Waals surface area contributed by atoms with Gasteiger partial charge >= 0.3 is 0 Å². The summed E-state index contributed by atoms with van der Waals surface area (Å²) in [4.78, 5) is 12.0. The number of Topliss-reactive ketones (excluding diaryl/α,β-unsaturated/α-hetero) is 1. The Morgan fingerprint density at radius 3 is 3.00 bits per heavy atom. The van der Waals surface area contributed by atoms with Crippen LogP contribution in [0.1, 0.15) is 29.8 Å². The van der Waals surface area contributed by atoms with E-state index in [0.29, 0.717) is 17.9 Å². The van der Waals surface area contributed by atoms with Gasteiger partial charge in [-0.2, -0.15) is 5.10 Å². The van der Waals surface area contributed by atoms with Crippen LogP contribution in [-0.4, -0.2) is 34.3 Å². The van der Waals surface area contributed by atoms with Gasteiger partial charge in [-0.1, -0.05) is 0 Å². The van der Waals surface area contributed by atoms with E-state index in [4.69, 9.17) is 4.74 Å². The number of nitrogens with one attached hydrogen (secondary N) is 1. The van der Waals surface area contributed by atoms with Crippen LogP contribution in [0.2, 0.25) is 0 Å². The molecule has 2 aliphatic heterocycles. The highest BCUT2D eigenvalue weighted by Gasteiger charge is 2.42. The second kappa shape index (κ2) is 3.31. The minimum atomic E-state index is -0.279. The quantitative estimate of drug-likeness (QED) is 0.693. The number of aromatic nitrogens is 2. The molecule has 1 spiro atoms. The zero-order chi connectivity index (χ0) is 11.2. The molecule has 1 N–H and O–H groups in total. The third kappa shape index (κ3) is 1.43. The van der Waals surface area contributed by atoms with Gasteiger partial charge in [-0.15, -0.1) is 0 Å². The Morgan fingerprint density at radius 1 is 1.50 bits per heavy atom. The zero-order valence-electron chi connectivity index (χ0n) is 9.32. The molecule has 1 aromatic rings. The lowest BCUT2D eigenvalue weighted by atomic mass is 9.84. The van der Waals surface area contributed by atoms with E-state index in [1.165, 1.54) is 0 Å². The first-order valence-corrected chi connectivity index (χ1v) is 5.65. The molecule has 5 nitrogen and oxygen atoms in total. The third-order valence-electron chi connectivity index (χ3n) is 3.38. The molecule has 0 bridgehead atoms. The highest BCUT2D eigenvalue weighted by molar-refractivity contribution is 5.98. The number of carbonyl (C=O) groups is 1. The molecule has 0 saturated carbocycles. The fraction of sp³-hybridized carbons (Fsp3) is 0.636. The number of ketones is 1. The number of ether oxygens (including phenoxy) is 1. The summed E-state index contributed by atoms with van der Waals surface area (Å²) in [6, 6.07) is 0. The number of rotatable bonds is 0. The Balaban J connectivity index is 1.96. The molecule has 0 aliphatic carbocycles. The molecule has 86 valence electrons. The number of nitrogens with zero attached hydrogens (tertiary/aromatic N) is 2. The Kier molecular flexibility index (Phi) is 2.04. The van der Waals surface area contributed by atoms with Crippen molar-refractivity contribution < 1.29 is 9.53 Å². The Labute approximate surface area is 93.8 Å². The second-order valence-corrected chi connectivity index (χ2v) is 4.65. The normalized spacial score (nSPS) is 22.9. The van der Waals surface area contributed by atoms with Crippen molar-refractivity contribution in [3.63, 3.8) is 0 Å². The van der Waals surface area contributed by atoms with E-state index < -0.39 is 0 Å². The molecule has 16 heavy (non-hydrogen) atoms. The van der Waals surface area contributed by atoms with Gasteiger partial charge in [0.15, 0.2) is 17.2 Å². The number of hydrogen-bond donors (Lipinski definition) is 1. The highest BCUT2D eigenvalue weighted by atomic mass is 16.5. The van der Waals surface area contributed by atoms with Crippen LogP contribution in [0.3, 0.4) is 0 Å². The van der Waals surface area contributed by atoms with E-state index in [-0.39, 0.29) is 11.4 Å². The van der Waals surface area contributed by atoms with Crippen molar-refractivity contribution in [3.05, 3.63) is 11.9 Å². The van der Waals surface area contributed by atoms with Crippen molar-refractivity contribution in [3.8, 4) is 5.75 Å². The SMILES string of the molecule is Cn1cc2c(n1)C(=O)CC1(CCNCC1)O2. The van der Waals surface area contributed by atoms with E-state index in [2.05, 4.69) is 10.4 Å². The first-order valence-electron chi connectivity index (χ1n) is 5.65. The number of hydrogen-bond acceptors (Lipinski definition) is 4. The molecule has 0 amide bonds. The summed E-state index contributed by atoms with van der Waals surface area (Å²) in [5, 5.41) is 7.42. The average molecular weight is 221 g/mol. The second-order valence-electron chi connectivity index (χ2n) is 4.65. The van der Waals surface area contributed by atoms with Gasteiger partial charge in [0.25, 0.3) is 0 Å². The summed E-state index contributed by atoms with van der Waals surface area (Å²) < 4.78 is 7.65. The van der Waals surface area contributed by atoms with Crippen molar-refractivity contribution in [1.82, 2.24) is 15.1 Å². The van der Waals surface area contributed by atoms with Gasteiger partial charge in [0.05, 0.1) is 12.6 Å². The highest BCUT2D eigenvalue weighted by Crippen LogP contribution is 2.37. The third-order valence-corrected chi connectivity index (χ3v) is 3.38. The van der Waals surface area contributed by atoms with E-state index in [0.717, 1.165) is 25.9 Å². The fourth-order valence-corrected chi connectivity index (χ4v) is 2.54. The van der Waals surface area contributed by atoms with Gasteiger partial charge in [-0.05, 0) is 13.1 Å². The minimum Gasteiger partial charge on any atom is -0.483 e. The summed E-state index contributed by atoms with van der Waals surface area (Å²) >= 11 is 0. The van der Waals surface area contributed by atoms with Gasteiger partial charge in [0, 0.05) is 19.9 Å². The van der Waals surface area contributed by atoms with Crippen molar-refractivity contribution in [2.75, 3.05) is 13.1 Å². The van der Waals surface area contributed by atoms with E-state index in [9.17, 15) is 4.79 Å². The number of aryl methyl sites for hydroxylation is 1. The van der Waals surface area contributed by atoms with Crippen LogP contribution in [0.4, 0.5) is 0 Å². The number of piperidine rings is 1. The molecular formula is C11H15N3O2. The van der Waals surface area contributed by atoms with Gasteiger partial charge in [-0.25, -0.2) is 0 Å². The predicted octanol–water partition coefficient (Wildman–Crippen LogP) is 0.508. The lowest BCUT2D eigenvalue weighted by Crippen LogP contribution is -2.49. The van der Waals surface area contributed by atoms with Crippen LogP contribution in [0, 0.1) is 0 Å². The summed E-state index contributed by atoms with van der Waals surface area (Å²) in [7, 11) is 1.81. The minimum absolute atomic E-state index is 0.115. The number of fused-ring (bicyclic) bond motifs is 1. The number of carbonyl (C=O) groups excluding carboxylic acids is 1. The van der Waals surface area contributed by atoms with Crippen LogP contribution in [0.25, 0.3) is 0 Å². The monoisotopic (exact) mass is 221 g/mol. The van der Waals surface area contributed by atoms with Crippen LogP contribution >= 0.6 is 0 Å². The average Bonchev–Trinajstić information content (AvgIpc) is 2.60. The maximum absolute atomic E-state index is 12.0. The van der Waals surface area contributed by atoms with Crippen molar-refractivity contribution >= 4 is 5.78 Å². The Bertz CT molecular complexity index is 432. The Hall–Kier alpha value is -1.36. The van der Waals surface area contributed by atoms with Crippen LogP contribution in [-0.2, 0) is 7.05 Å². The molecule has 1 saturated heterocycles. The predicted molar refractivity (Wildman–Crippen MR) is 57.6 cm³/mol. The summed E-state index contributed by atoms with van der Waals surface area (Å²) in [5.41, 5.74) is 0.213. The molecule has 1 aromatic heterocycles. The van der Waals surface area contributed by atoms with Crippen LogP contribution < -0.4 is 10.1 Å². The zero-order valence-corrected chi connectivity index (χ0v) is 9.32. The van der Waals surface area contributed by atoms with E-state index in [1.807, 2.05) is 7.05 Å². The van der Waals surface area contributed by atoms with Gasteiger partial charge in [0.1, 0.15) is 5.60 Å². The molecule has 0 unspecified atom stereocenters.